The van der Waals surface area contributed by atoms with Crippen LogP contribution in [0.2, 0.25) is 0 Å². The van der Waals surface area contributed by atoms with Gasteiger partial charge in [-0.3, -0.25) is 4.79 Å². The van der Waals surface area contributed by atoms with Gasteiger partial charge in [0.1, 0.15) is 17.1 Å². The first kappa shape index (κ1) is 21.2. The molecule has 1 aliphatic rings. The normalized spacial score (nSPS) is 22.2. The minimum atomic E-state index is -1.31. The molecule has 0 aromatic carbocycles. The van der Waals surface area contributed by atoms with Crippen LogP contribution in [0.3, 0.4) is 0 Å². The lowest BCUT2D eigenvalue weighted by atomic mass is 9.79. The summed E-state index contributed by atoms with van der Waals surface area (Å²) in [5.74, 6) is -2.99. The van der Waals surface area contributed by atoms with Gasteiger partial charge in [-0.1, -0.05) is 33.3 Å². The van der Waals surface area contributed by atoms with Gasteiger partial charge in [-0.15, -0.1) is 0 Å². The largest absolute Gasteiger partial charge is 0.460 e. The zero-order valence-corrected chi connectivity index (χ0v) is 16.1. The van der Waals surface area contributed by atoms with Gasteiger partial charge in [0, 0.05) is 5.57 Å². The molecule has 0 N–H and O–H groups in total. The summed E-state index contributed by atoms with van der Waals surface area (Å²) in [6.45, 7) is 14.1. The molecule has 2 unspecified atom stereocenters. The number of rotatable bonds is 7. The summed E-state index contributed by atoms with van der Waals surface area (Å²) in [6, 6.07) is 0. The van der Waals surface area contributed by atoms with Crippen LogP contribution in [-0.2, 0) is 28.6 Å². The number of ether oxygens (including phenoxy) is 3. The molecule has 0 spiro atoms. The zero-order valence-electron chi connectivity index (χ0n) is 16.1. The first-order valence-electron chi connectivity index (χ1n) is 8.79. The van der Waals surface area contributed by atoms with Gasteiger partial charge in [-0.2, -0.15) is 0 Å². The van der Waals surface area contributed by atoms with Gasteiger partial charge in [0.15, 0.2) is 0 Å². The molecule has 0 bridgehead atoms. The molecule has 6 heteroatoms. The Morgan fingerprint density at radius 2 is 1.72 bits per heavy atom. The molecule has 1 heterocycles. The third kappa shape index (κ3) is 5.06. The van der Waals surface area contributed by atoms with E-state index in [9.17, 15) is 14.4 Å². The highest BCUT2D eigenvalue weighted by Gasteiger charge is 2.61. The lowest BCUT2D eigenvalue weighted by Gasteiger charge is -2.34. The van der Waals surface area contributed by atoms with Gasteiger partial charge in [0.05, 0.1) is 0 Å². The summed E-state index contributed by atoms with van der Waals surface area (Å²) in [4.78, 5) is 37.2. The fraction of sp³-hybridized carbons (Fsp3) is 0.737. The Bertz CT molecular complexity index is 537. The molecule has 0 aromatic rings. The summed E-state index contributed by atoms with van der Waals surface area (Å²) in [5, 5.41) is 0. The van der Waals surface area contributed by atoms with Crippen LogP contribution in [0.25, 0.3) is 0 Å². The van der Waals surface area contributed by atoms with Crippen molar-refractivity contribution in [2.45, 2.75) is 84.5 Å². The van der Waals surface area contributed by atoms with Crippen LogP contribution in [0.4, 0.5) is 0 Å². The number of cyclic esters (lactones) is 1. The van der Waals surface area contributed by atoms with Crippen molar-refractivity contribution in [3.05, 3.63) is 12.2 Å². The molecule has 1 aliphatic heterocycles. The van der Waals surface area contributed by atoms with Crippen LogP contribution in [0.5, 0.6) is 0 Å². The second-order valence-electron chi connectivity index (χ2n) is 7.60. The first-order valence-corrected chi connectivity index (χ1v) is 8.79. The second-order valence-corrected chi connectivity index (χ2v) is 7.60. The number of hydrogen-bond acceptors (Lipinski definition) is 6. The van der Waals surface area contributed by atoms with Crippen molar-refractivity contribution in [1.82, 2.24) is 0 Å². The van der Waals surface area contributed by atoms with Crippen LogP contribution >= 0.6 is 0 Å². The molecule has 1 rings (SSSR count). The smallest absolute Gasteiger partial charge is 0.349 e. The van der Waals surface area contributed by atoms with E-state index in [-0.39, 0.29) is 5.57 Å². The maximum absolute atomic E-state index is 12.9. The minimum absolute atomic E-state index is 0.152. The van der Waals surface area contributed by atoms with Crippen LogP contribution in [-0.4, -0.2) is 35.2 Å². The molecule has 1 fully saturated rings. The molecular formula is C19H30O6. The minimum Gasteiger partial charge on any atom is -0.460 e. The monoisotopic (exact) mass is 354 g/mol. The average Bonchev–Trinajstić information content (AvgIpc) is 2.70. The molecule has 25 heavy (non-hydrogen) atoms. The maximum Gasteiger partial charge on any atom is 0.349 e. The standard InChI is InChI=1S/C19H30O6/c1-8-10-19(11-9-2)13(16(21)24-18(5,6)7)14(17(22)25-19)23-15(20)12(3)4/h13-14H,3,8-11H2,1-2,4-7H3. The molecule has 0 radical (unpaired) electrons. The molecule has 0 saturated carbocycles. The third-order valence-corrected chi connectivity index (χ3v) is 4.00. The summed E-state index contributed by atoms with van der Waals surface area (Å²) < 4.78 is 16.4. The van der Waals surface area contributed by atoms with Gasteiger partial charge in [0.2, 0.25) is 6.10 Å². The van der Waals surface area contributed by atoms with E-state index in [4.69, 9.17) is 14.2 Å². The van der Waals surface area contributed by atoms with Gasteiger partial charge in [0.25, 0.3) is 0 Å². The molecule has 0 amide bonds. The summed E-state index contributed by atoms with van der Waals surface area (Å²) in [5.41, 5.74) is -1.59. The number of carbonyl (C=O) groups excluding carboxylic acids is 3. The number of carbonyl (C=O) groups is 3. The van der Waals surface area contributed by atoms with Gasteiger partial charge >= 0.3 is 17.9 Å². The van der Waals surface area contributed by atoms with Crippen LogP contribution in [0.15, 0.2) is 12.2 Å². The Morgan fingerprint density at radius 1 is 1.20 bits per heavy atom. The first-order chi connectivity index (χ1) is 11.5. The number of hydrogen-bond donors (Lipinski definition) is 0. The lowest BCUT2D eigenvalue weighted by Crippen LogP contribution is -2.47. The summed E-state index contributed by atoms with van der Waals surface area (Å²) >= 11 is 0. The number of esters is 3. The predicted octanol–water partition coefficient (Wildman–Crippen LogP) is 3.33. The van der Waals surface area contributed by atoms with Gasteiger partial charge in [-0.25, -0.2) is 9.59 Å². The molecular weight excluding hydrogens is 324 g/mol. The van der Waals surface area contributed by atoms with E-state index in [2.05, 4.69) is 6.58 Å². The Kier molecular flexibility index (Phi) is 6.80. The molecule has 2 atom stereocenters. The Labute approximate surface area is 149 Å². The fourth-order valence-electron chi connectivity index (χ4n) is 3.15. The topological polar surface area (TPSA) is 78.9 Å². The predicted molar refractivity (Wildman–Crippen MR) is 92.7 cm³/mol. The third-order valence-electron chi connectivity index (χ3n) is 4.00. The summed E-state index contributed by atoms with van der Waals surface area (Å²) in [7, 11) is 0. The molecule has 0 aromatic heterocycles. The van der Waals surface area contributed by atoms with Crippen molar-refractivity contribution in [2.75, 3.05) is 0 Å². The maximum atomic E-state index is 12.9. The van der Waals surface area contributed by atoms with Gasteiger partial charge < -0.3 is 14.2 Å². The van der Waals surface area contributed by atoms with E-state index in [1.54, 1.807) is 20.8 Å². The van der Waals surface area contributed by atoms with E-state index in [1.807, 2.05) is 13.8 Å². The highest BCUT2D eigenvalue weighted by Crippen LogP contribution is 2.43. The molecule has 6 nitrogen and oxygen atoms in total. The molecule has 1 saturated heterocycles. The molecule has 142 valence electrons. The van der Waals surface area contributed by atoms with E-state index < -0.39 is 41.1 Å². The van der Waals surface area contributed by atoms with Crippen molar-refractivity contribution in [1.29, 1.82) is 0 Å². The van der Waals surface area contributed by atoms with E-state index >= 15 is 0 Å². The fourth-order valence-corrected chi connectivity index (χ4v) is 3.15. The van der Waals surface area contributed by atoms with Crippen molar-refractivity contribution in [3.8, 4) is 0 Å². The van der Waals surface area contributed by atoms with Crippen molar-refractivity contribution in [2.24, 2.45) is 5.92 Å². The second kappa shape index (κ2) is 8.02. The zero-order chi connectivity index (χ0) is 19.4. The quantitative estimate of drug-likeness (QED) is 0.396. The van der Waals surface area contributed by atoms with Crippen molar-refractivity contribution in [3.63, 3.8) is 0 Å². The van der Waals surface area contributed by atoms with E-state index in [1.165, 1.54) is 6.92 Å². The highest BCUT2D eigenvalue weighted by atomic mass is 16.6. The SMILES string of the molecule is C=C(C)C(=O)OC1C(=O)OC(CCC)(CCC)C1C(=O)OC(C)(C)C. The summed E-state index contributed by atoms with van der Waals surface area (Å²) in [6.07, 6.45) is 1.12. The van der Waals surface area contributed by atoms with Gasteiger partial charge in [-0.05, 0) is 40.5 Å². The average molecular weight is 354 g/mol. The van der Waals surface area contributed by atoms with E-state index in [0.29, 0.717) is 25.7 Å². The lowest BCUT2D eigenvalue weighted by molar-refractivity contribution is -0.172. The van der Waals surface area contributed by atoms with Crippen LogP contribution in [0.1, 0.15) is 67.2 Å². The van der Waals surface area contributed by atoms with Crippen molar-refractivity contribution < 1.29 is 28.6 Å². The molecule has 0 aliphatic carbocycles. The highest BCUT2D eigenvalue weighted by molar-refractivity contribution is 5.93. The van der Waals surface area contributed by atoms with Crippen LogP contribution < -0.4 is 0 Å². The Balaban J connectivity index is 3.28. The Morgan fingerprint density at radius 3 is 2.12 bits per heavy atom. The van der Waals surface area contributed by atoms with E-state index in [0.717, 1.165) is 0 Å². The Hall–Kier alpha value is -1.85. The van der Waals surface area contributed by atoms with Crippen LogP contribution in [0, 0.1) is 5.92 Å². The van der Waals surface area contributed by atoms with Crippen molar-refractivity contribution >= 4 is 17.9 Å².